The normalized spacial score (nSPS) is 26.6. The lowest BCUT2D eigenvalue weighted by Crippen LogP contribution is -3.16. The summed E-state index contributed by atoms with van der Waals surface area (Å²) in [6, 6.07) is 5.00. The summed E-state index contributed by atoms with van der Waals surface area (Å²) in [5.74, 6) is 0.263. The van der Waals surface area contributed by atoms with E-state index in [1.165, 1.54) is 11.0 Å². The maximum Gasteiger partial charge on any atom is 0.416 e. The maximum absolute atomic E-state index is 12.6. The van der Waals surface area contributed by atoms with Gasteiger partial charge in [-0.15, -0.1) is 0 Å². The molecule has 1 fully saturated rings. The van der Waals surface area contributed by atoms with Gasteiger partial charge in [-0.1, -0.05) is 6.07 Å². The number of ether oxygens (including phenoxy) is 2. The highest BCUT2D eigenvalue weighted by Crippen LogP contribution is 2.31. The van der Waals surface area contributed by atoms with Crippen LogP contribution in [-0.2, 0) is 10.9 Å². The number of halogens is 3. The molecule has 21 heavy (non-hydrogen) atoms. The molecular weight excluding hydrogens is 283 g/mol. The van der Waals surface area contributed by atoms with Crippen molar-refractivity contribution in [3.63, 3.8) is 0 Å². The van der Waals surface area contributed by atoms with Crippen molar-refractivity contribution in [1.29, 1.82) is 0 Å². The zero-order chi connectivity index (χ0) is 15.5. The van der Waals surface area contributed by atoms with Crippen LogP contribution in [0.25, 0.3) is 0 Å². The number of hydrogen-bond donors (Lipinski definition) is 1. The van der Waals surface area contributed by atoms with Crippen molar-refractivity contribution in [3.8, 4) is 5.75 Å². The zero-order valence-electron chi connectivity index (χ0n) is 12.2. The molecule has 1 aromatic carbocycles. The molecular formula is C15H21F3NO2+. The highest BCUT2D eigenvalue weighted by Gasteiger charge is 2.30. The highest BCUT2D eigenvalue weighted by molar-refractivity contribution is 5.30. The van der Waals surface area contributed by atoms with Crippen LogP contribution in [0.1, 0.15) is 19.4 Å². The first kappa shape index (κ1) is 16.1. The molecule has 3 nitrogen and oxygen atoms in total. The van der Waals surface area contributed by atoms with Gasteiger partial charge in [0, 0.05) is 0 Å². The summed E-state index contributed by atoms with van der Waals surface area (Å²) in [7, 11) is 0. The molecule has 1 aliphatic heterocycles. The third kappa shape index (κ3) is 4.89. The molecule has 1 unspecified atom stereocenters. The lowest BCUT2D eigenvalue weighted by atomic mass is 10.2. The molecule has 0 saturated carbocycles. The van der Waals surface area contributed by atoms with E-state index in [1.54, 1.807) is 6.07 Å². The second-order valence-corrected chi connectivity index (χ2v) is 5.54. The number of alkyl halides is 3. The minimum atomic E-state index is -4.33. The Kier molecular flexibility index (Phi) is 5.11. The number of morpholine rings is 1. The van der Waals surface area contributed by atoms with E-state index < -0.39 is 11.7 Å². The van der Waals surface area contributed by atoms with Crippen molar-refractivity contribution in [2.75, 3.05) is 26.2 Å². The summed E-state index contributed by atoms with van der Waals surface area (Å²) >= 11 is 0. The smallest absolute Gasteiger partial charge is 0.416 e. The second-order valence-electron chi connectivity index (χ2n) is 5.54. The second kappa shape index (κ2) is 6.66. The minimum absolute atomic E-state index is 0.206. The van der Waals surface area contributed by atoms with Gasteiger partial charge in [-0.25, -0.2) is 0 Å². The fraction of sp³-hybridized carbons (Fsp3) is 0.600. The van der Waals surface area contributed by atoms with Crippen LogP contribution in [0.2, 0.25) is 0 Å². The summed E-state index contributed by atoms with van der Waals surface area (Å²) in [5.41, 5.74) is -0.680. The molecule has 0 spiro atoms. The molecule has 0 aromatic heterocycles. The predicted molar refractivity (Wildman–Crippen MR) is 72.5 cm³/mol. The van der Waals surface area contributed by atoms with Gasteiger partial charge in [-0.3, -0.25) is 0 Å². The molecule has 1 N–H and O–H groups in total. The first-order valence-corrected chi connectivity index (χ1v) is 7.13. The summed E-state index contributed by atoms with van der Waals surface area (Å²) in [4.78, 5) is 1.35. The third-order valence-corrected chi connectivity index (χ3v) is 3.50. The van der Waals surface area contributed by atoms with E-state index in [4.69, 9.17) is 9.47 Å². The first-order chi connectivity index (χ1) is 9.84. The van der Waals surface area contributed by atoms with Crippen molar-refractivity contribution in [2.45, 2.75) is 32.2 Å². The molecule has 0 amide bonds. The fourth-order valence-electron chi connectivity index (χ4n) is 2.67. The van der Waals surface area contributed by atoms with Gasteiger partial charge in [0.2, 0.25) is 0 Å². The Morgan fingerprint density at radius 2 is 1.90 bits per heavy atom. The van der Waals surface area contributed by atoms with E-state index >= 15 is 0 Å². The van der Waals surface area contributed by atoms with Crippen molar-refractivity contribution in [3.05, 3.63) is 29.8 Å². The summed E-state index contributed by atoms with van der Waals surface area (Å²) in [6.07, 6.45) is -3.92. The van der Waals surface area contributed by atoms with Crippen molar-refractivity contribution in [2.24, 2.45) is 0 Å². The molecule has 1 aromatic rings. The summed E-state index contributed by atoms with van der Waals surface area (Å²) in [5, 5.41) is 0. The first-order valence-electron chi connectivity index (χ1n) is 7.13. The fourth-order valence-corrected chi connectivity index (χ4v) is 2.67. The standard InChI is InChI=1S/C15H20F3NO2/c1-11-9-19(10-12(2)21-11)6-7-20-14-5-3-4-13(8-14)15(16,17)18/h3-5,8,11-12H,6-7,9-10H2,1-2H3/p+1/t11-,12+. The monoisotopic (exact) mass is 304 g/mol. The Balaban J connectivity index is 1.83. The average molecular weight is 304 g/mol. The SMILES string of the molecule is C[C@@H]1C[NH+](CCOc2cccc(C(F)(F)F)c2)C[C@H](C)O1. The number of quaternary nitrogens is 1. The van der Waals surface area contributed by atoms with Gasteiger partial charge in [0.1, 0.15) is 44.2 Å². The van der Waals surface area contributed by atoms with Crippen LogP contribution in [0.4, 0.5) is 13.2 Å². The lowest BCUT2D eigenvalue weighted by Gasteiger charge is -2.32. The molecule has 0 radical (unpaired) electrons. The minimum Gasteiger partial charge on any atom is -0.488 e. The summed E-state index contributed by atoms with van der Waals surface area (Å²) < 4.78 is 48.9. The Bertz CT molecular complexity index is 454. The van der Waals surface area contributed by atoms with E-state index in [2.05, 4.69) is 0 Å². The number of rotatable bonds is 4. The molecule has 118 valence electrons. The predicted octanol–water partition coefficient (Wildman–Crippen LogP) is 1.78. The van der Waals surface area contributed by atoms with Crippen LogP contribution >= 0.6 is 0 Å². The van der Waals surface area contributed by atoms with E-state index in [1.807, 2.05) is 13.8 Å². The van der Waals surface area contributed by atoms with Gasteiger partial charge in [0.15, 0.2) is 0 Å². The Morgan fingerprint density at radius 1 is 1.24 bits per heavy atom. The molecule has 0 aliphatic carbocycles. The highest BCUT2D eigenvalue weighted by atomic mass is 19.4. The Hall–Kier alpha value is -1.27. The summed E-state index contributed by atoms with van der Waals surface area (Å²) in [6.45, 7) is 7.02. The molecule has 1 aliphatic rings. The van der Waals surface area contributed by atoms with Crippen LogP contribution in [0, 0.1) is 0 Å². The van der Waals surface area contributed by atoms with Gasteiger partial charge < -0.3 is 14.4 Å². The van der Waals surface area contributed by atoms with E-state index in [-0.39, 0.29) is 18.0 Å². The van der Waals surface area contributed by atoms with Gasteiger partial charge in [0.05, 0.1) is 5.56 Å². The molecule has 6 heteroatoms. The van der Waals surface area contributed by atoms with Crippen molar-refractivity contribution < 1.29 is 27.5 Å². The van der Waals surface area contributed by atoms with Crippen molar-refractivity contribution >= 4 is 0 Å². The average Bonchev–Trinajstić information content (AvgIpc) is 2.37. The van der Waals surface area contributed by atoms with Crippen LogP contribution < -0.4 is 9.64 Å². The van der Waals surface area contributed by atoms with Crippen LogP contribution in [0.3, 0.4) is 0 Å². The largest absolute Gasteiger partial charge is 0.488 e. The van der Waals surface area contributed by atoms with Crippen molar-refractivity contribution in [1.82, 2.24) is 0 Å². The van der Waals surface area contributed by atoms with Crippen LogP contribution in [-0.4, -0.2) is 38.4 Å². The Labute approximate surface area is 122 Å². The van der Waals surface area contributed by atoms with Gasteiger partial charge in [0.25, 0.3) is 0 Å². The van der Waals surface area contributed by atoms with Gasteiger partial charge in [-0.05, 0) is 32.0 Å². The zero-order valence-corrected chi connectivity index (χ0v) is 12.2. The lowest BCUT2D eigenvalue weighted by molar-refractivity contribution is -0.915. The third-order valence-electron chi connectivity index (χ3n) is 3.50. The molecule has 2 rings (SSSR count). The van der Waals surface area contributed by atoms with E-state index in [0.717, 1.165) is 31.8 Å². The number of hydrogen-bond acceptors (Lipinski definition) is 2. The van der Waals surface area contributed by atoms with Crippen LogP contribution in [0.15, 0.2) is 24.3 Å². The molecule has 0 bridgehead atoms. The topological polar surface area (TPSA) is 22.9 Å². The van der Waals surface area contributed by atoms with Gasteiger partial charge in [-0.2, -0.15) is 13.2 Å². The van der Waals surface area contributed by atoms with E-state index in [9.17, 15) is 13.2 Å². The molecule has 1 saturated heterocycles. The quantitative estimate of drug-likeness (QED) is 0.916. The molecule has 1 heterocycles. The van der Waals surface area contributed by atoms with E-state index in [0.29, 0.717) is 6.61 Å². The van der Waals surface area contributed by atoms with Gasteiger partial charge >= 0.3 is 6.18 Å². The van der Waals surface area contributed by atoms with Crippen LogP contribution in [0.5, 0.6) is 5.75 Å². The number of benzene rings is 1. The Morgan fingerprint density at radius 3 is 2.52 bits per heavy atom. The molecule has 3 atom stereocenters. The number of nitrogens with one attached hydrogen (secondary N) is 1. The maximum atomic E-state index is 12.6.